The van der Waals surface area contributed by atoms with Gasteiger partial charge in [-0.1, -0.05) is 0 Å². The number of rotatable bonds is 2. The number of likely N-dealkylation sites (tertiary alicyclic amines) is 1. The van der Waals surface area contributed by atoms with Crippen molar-refractivity contribution in [3.05, 3.63) is 42.0 Å². The Morgan fingerprint density at radius 2 is 2.39 bits per heavy atom. The van der Waals surface area contributed by atoms with Gasteiger partial charge in [0.05, 0.1) is 0 Å². The summed E-state index contributed by atoms with van der Waals surface area (Å²) in [5, 5.41) is 6.96. The number of hydrogen-bond acceptors (Lipinski definition) is 2. The molecule has 0 bridgehead atoms. The minimum Gasteiger partial charge on any atom is -0.347 e. The van der Waals surface area contributed by atoms with Gasteiger partial charge in [-0.25, -0.2) is 0 Å². The molecule has 1 amide bonds. The third-order valence-corrected chi connectivity index (χ3v) is 3.60. The van der Waals surface area contributed by atoms with Crippen LogP contribution in [-0.2, 0) is 7.05 Å². The standard InChI is InChI=1S/C13H16N4O/c1-16-7-2-3-12(16)13(18)17-8-5-10(9-17)11-4-6-14-15-11/h2-4,6-7,10H,5,8-9H2,1H3,(H,14,15)/t10-/m0/s1. The Hall–Kier alpha value is -2.04. The van der Waals surface area contributed by atoms with Crippen LogP contribution in [0.1, 0.15) is 28.5 Å². The van der Waals surface area contributed by atoms with Gasteiger partial charge in [-0.3, -0.25) is 9.89 Å². The van der Waals surface area contributed by atoms with Crippen molar-refractivity contribution < 1.29 is 4.79 Å². The highest BCUT2D eigenvalue weighted by molar-refractivity contribution is 5.93. The molecule has 3 heterocycles. The summed E-state index contributed by atoms with van der Waals surface area (Å²) in [6.07, 6.45) is 4.66. The van der Waals surface area contributed by atoms with Crippen LogP contribution < -0.4 is 0 Å². The summed E-state index contributed by atoms with van der Waals surface area (Å²) < 4.78 is 1.87. The van der Waals surface area contributed by atoms with E-state index >= 15 is 0 Å². The van der Waals surface area contributed by atoms with Crippen LogP contribution in [0.5, 0.6) is 0 Å². The Balaban J connectivity index is 1.73. The molecule has 18 heavy (non-hydrogen) atoms. The fourth-order valence-corrected chi connectivity index (χ4v) is 2.54. The third kappa shape index (κ3) is 1.81. The Kier molecular flexibility index (Phi) is 2.66. The van der Waals surface area contributed by atoms with Crippen LogP contribution in [0, 0.1) is 0 Å². The summed E-state index contributed by atoms with van der Waals surface area (Å²) in [5.41, 5.74) is 1.87. The first kappa shape index (κ1) is 11.1. The number of H-pyrrole nitrogens is 1. The van der Waals surface area contributed by atoms with Crippen LogP contribution in [0.2, 0.25) is 0 Å². The van der Waals surface area contributed by atoms with E-state index in [0.29, 0.717) is 5.92 Å². The van der Waals surface area contributed by atoms with Gasteiger partial charge < -0.3 is 9.47 Å². The first-order valence-corrected chi connectivity index (χ1v) is 6.15. The third-order valence-electron chi connectivity index (χ3n) is 3.60. The number of nitrogens with one attached hydrogen (secondary N) is 1. The molecule has 3 rings (SSSR count). The number of carbonyl (C=O) groups is 1. The average Bonchev–Trinajstić information content (AvgIpc) is 3.09. The zero-order valence-electron chi connectivity index (χ0n) is 10.3. The van der Waals surface area contributed by atoms with E-state index in [1.54, 1.807) is 6.20 Å². The van der Waals surface area contributed by atoms with Crippen LogP contribution in [0.15, 0.2) is 30.6 Å². The first-order chi connectivity index (χ1) is 8.75. The lowest BCUT2D eigenvalue weighted by molar-refractivity contribution is 0.0781. The fourth-order valence-electron chi connectivity index (χ4n) is 2.54. The second kappa shape index (κ2) is 4.33. The highest BCUT2D eigenvalue weighted by Crippen LogP contribution is 2.26. The molecular weight excluding hydrogens is 228 g/mol. The van der Waals surface area contributed by atoms with Gasteiger partial charge in [0.2, 0.25) is 0 Å². The highest BCUT2D eigenvalue weighted by atomic mass is 16.2. The van der Waals surface area contributed by atoms with E-state index in [4.69, 9.17) is 0 Å². The minimum atomic E-state index is 0.115. The normalized spacial score (nSPS) is 19.4. The van der Waals surface area contributed by atoms with E-state index in [-0.39, 0.29) is 5.91 Å². The summed E-state index contributed by atoms with van der Waals surface area (Å²) in [4.78, 5) is 14.2. The summed E-state index contributed by atoms with van der Waals surface area (Å²) in [6.45, 7) is 1.58. The SMILES string of the molecule is Cn1cccc1C(=O)N1CC[C@H](c2ccn[nH]2)C1. The molecule has 1 N–H and O–H groups in total. The Labute approximate surface area is 105 Å². The molecule has 1 aliphatic heterocycles. The van der Waals surface area contributed by atoms with Gasteiger partial charge in [0.25, 0.3) is 5.91 Å². The van der Waals surface area contributed by atoms with Gasteiger partial charge in [0.15, 0.2) is 0 Å². The monoisotopic (exact) mass is 244 g/mol. The van der Waals surface area contributed by atoms with Gasteiger partial charge in [-0.05, 0) is 24.6 Å². The number of carbonyl (C=O) groups excluding carboxylic acids is 1. The molecule has 94 valence electrons. The largest absolute Gasteiger partial charge is 0.347 e. The van der Waals surface area contributed by atoms with Crippen molar-refractivity contribution in [3.8, 4) is 0 Å². The number of hydrogen-bond donors (Lipinski definition) is 1. The maximum atomic E-state index is 12.3. The summed E-state index contributed by atoms with van der Waals surface area (Å²) in [6, 6.07) is 5.75. The minimum absolute atomic E-state index is 0.115. The van der Waals surface area contributed by atoms with Gasteiger partial charge in [-0.15, -0.1) is 0 Å². The average molecular weight is 244 g/mol. The van der Waals surface area contributed by atoms with Crippen molar-refractivity contribution in [2.24, 2.45) is 7.05 Å². The molecule has 0 radical (unpaired) electrons. The summed E-state index contributed by atoms with van der Waals surface area (Å²) in [5.74, 6) is 0.501. The molecule has 1 saturated heterocycles. The maximum Gasteiger partial charge on any atom is 0.270 e. The molecule has 1 fully saturated rings. The van der Waals surface area contributed by atoms with Gasteiger partial charge in [0.1, 0.15) is 5.69 Å². The number of aromatic amines is 1. The van der Waals surface area contributed by atoms with E-state index < -0.39 is 0 Å². The molecule has 0 spiro atoms. The van der Waals surface area contributed by atoms with Crippen molar-refractivity contribution >= 4 is 5.91 Å². The number of nitrogens with zero attached hydrogens (tertiary/aromatic N) is 3. The predicted molar refractivity (Wildman–Crippen MR) is 67.3 cm³/mol. The molecule has 0 saturated carbocycles. The topological polar surface area (TPSA) is 53.9 Å². The van der Waals surface area contributed by atoms with E-state index in [2.05, 4.69) is 10.2 Å². The van der Waals surface area contributed by atoms with E-state index in [0.717, 1.165) is 30.9 Å². The maximum absolute atomic E-state index is 12.3. The van der Waals surface area contributed by atoms with E-state index in [9.17, 15) is 4.79 Å². The van der Waals surface area contributed by atoms with Gasteiger partial charge in [-0.2, -0.15) is 5.10 Å². The first-order valence-electron chi connectivity index (χ1n) is 6.15. The van der Waals surface area contributed by atoms with Crippen molar-refractivity contribution in [3.63, 3.8) is 0 Å². The molecule has 5 nitrogen and oxygen atoms in total. The molecule has 0 aliphatic carbocycles. The summed E-state index contributed by atoms with van der Waals surface area (Å²) >= 11 is 0. The molecule has 1 aliphatic rings. The second-order valence-electron chi connectivity index (χ2n) is 4.75. The van der Waals surface area contributed by atoms with Crippen LogP contribution in [0.4, 0.5) is 0 Å². The summed E-state index contributed by atoms with van der Waals surface area (Å²) in [7, 11) is 1.90. The number of aromatic nitrogens is 3. The highest BCUT2D eigenvalue weighted by Gasteiger charge is 2.29. The molecular formula is C13H16N4O. The molecule has 0 unspecified atom stereocenters. The fraction of sp³-hybridized carbons (Fsp3) is 0.385. The van der Waals surface area contributed by atoms with Crippen LogP contribution >= 0.6 is 0 Å². The van der Waals surface area contributed by atoms with Crippen LogP contribution in [0.25, 0.3) is 0 Å². The second-order valence-corrected chi connectivity index (χ2v) is 4.75. The van der Waals surface area contributed by atoms with Gasteiger partial charge >= 0.3 is 0 Å². The molecule has 2 aromatic rings. The quantitative estimate of drug-likeness (QED) is 0.867. The lowest BCUT2D eigenvalue weighted by atomic mass is 10.1. The Morgan fingerprint density at radius 3 is 3.06 bits per heavy atom. The van der Waals surface area contributed by atoms with Gasteiger partial charge in [0, 0.05) is 44.1 Å². The van der Waals surface area contributed by atoms with Crippen LogP contribution in [-0.4, -0.2) is 38.7 Å². The molecule has 5 heteroatoms. The smallest absolute Gasteiger partial charge is 0.270 e. The Bertz CT molecular complexity index is 543. The lowest BCUT2D eigenvalue weighted by Crippen LogP contribution is -2.29. The van der Waals surface area contributed by atoms with Crippen molar-refractivity contribution in [1.29, 1.82) is 0 Å². The van der Waals surface area contributed by atoms with Crippen molar-refractivity contribution in [2.75, 3.05) is 13.1 Å². The lowest BCUT2D eigenvalue weighted by Gasteiger charge is -2.16. The van der Waals surface area contributed by atoms with E-state index in [1.807, 2.05) is 40.9 Å². The Morgan fingerprint density at radius 1 is 1.50 bits per heavy atom. The van der Waals surface area contributed by atoms with Crippen molar-refractivity contribution in [2.45, 2.75) is 12.3 Å². The van der Waals surface area contributed by atoms with E-state index in [1.165, 1.54) is 0 Å². The molecule has 0 aromatic carbocycles. The van der Waals surface area contributed by atoms with Crippen molar-refractivity contribution in [1.82, 2.24) is 19.7 Å². The number of amides is 1. The zero-order valence-corrected chi connectivity index (χ0v) is 10.3. The predicted octanol–water partition coefficient (Wildman–Crippen LogP) is 1.38. The molecule has 2 aromatic heterocycles. The zero-order chi connectivity index (χ0) is 12.5. The number of aryl methyl sites for hydroxylation is 1. The van der Waals surface area contributed by atoms with Crippen LogP contribution in [0.3, 0.4) is 0 Å². The molecule has 1 atom stereocenters.